The number of anilines is 1. The van der Waals surface area contributed by atoms with E-state index in [1.165, 1.54) is 7.11 Å². The fourth-order valence-corrected chi connectivity index (χ4v) is 3.43. The Hall–Kier alpha value is -2.86. The third-order valence-electron chi connectivity index (χ3n) is 4.49. The van der Waals surface area contributed by atoms with E-state index >= 15 is 0 Å². The summed E-state index contributed by atoms with van der Waals surface area (Å²) < 4.78 is 6.81. The maximum atomic E-state index is 12.5. The van der Waals surface area contributed by atoms with Crippen molar-refractivity contribution in [2.75, 3.05) is 12.4 Å². The average molecular weight is 370 g/mol. The first-order valence-electron chi connectivity index (χ1n) is 8.25. The normalized spacial score (nSPS) is 12.8. The van der Waals surface area contributed by atoms with Gasteiger partial charge in [-0.25, -0.2) is 4.98 Å². The minimum absolute atomic E-state index is 0.0450. The molecule has 0 saturated carbocycles. The Labute approximate surface area is 154 Å². The molecule has 0 saturated heterocycles. The van der Waals surface area contributed by atoms with Crippen LogP contribution in [0, 0.1) is 0 Å². The quantitative estimate of drug-likeness (QED) is 0.769. The van der Waals surface area contributed by atoms with E-state index in [1.807, 2.05) is 0 Å². The number of methoxy groups -OCH3 is 1. The molecule has 2 heterocycles. The number of aryl methyl sites for hydroxylation is 1. The molecule has 0 radical (unpaired) electrons. The molecule has 1 aliphatic rings. The van der Waals surface area contributed by atoms with Crippen LogP contribution in [0.1, 0.15) is 22.6 Å². The van der Waals surface area contributed by atoms with Crippen LogP contribution in [0.5, 0.6) is 5.75 Å². The first-order valence-corrected chi connectivity index (χ1v) is 8.63. The van der Waals surface area contributed by atoms with Crippen LogP contribution in [0.15, 0.2) is 41.2 Å². The molecule has 1 aromatic heterocycles. The molecule has 0 bridgehead atoms. The van der Waals surface area contributed by atoms with Gasteiger partial charge in [0.2, 0.25) is 0 Å². The highest BCUT2D eigenvalue weighted by atomic mass is 35.5. The summed E-state index contributed by atoms with van der Waals surface area (Å²) in [5, 5.41) is 3.73. The van der Waals surface area contributed by atoms with E-state index < -0.39 is 0 Å². The van der Waals surface area contributed by atoms with Gasteiger partial charge in [-0.15, -0.1) is 0 Å². The molecular weight excluding hydrogens is 354 g/mol. The highest BCUT2D eigenvalue weighted by Gasteiger charge is 2.17. The number of amides is 1. The first-order chi connectivity index (χ1) is 12.6. The van der Waals surface area contributed by atoms with Crippen molar-refractivity contribution in [3.63, 3.8) is 0 Å². The molecule has 0 unspecified atom stereocenters. The van der Waals surface area contributed by atoms with Gasteiger partial charge in [0, 0.05) is 24.2 Å². The molecule has 1 amide bonds. The zero-order chi connectivity index (χ0) is 18.3. The van der Waals surface area contributed by atoms with Crippen molar-refractivity contribution in [2.45, 2.75) is 19.4 Å². The fraction of sp³-hybridized carbons (Fsp3) is 0.211. The van der Waals surface area contributed by atoms with Gasteiger partial charge < -0.3 is 10.1 Å². The van der Waals surface area contributed by atoms with Crippen LogP contribution in [-0.4, -0.2) is 22.6 Å². The summed E-state index contributed by atoms with van der Waals surface area (Å²) in [4.78, 5) is 29.6. The summed E-state index contributed by atoms with van der Waals surface area (Å²) in [6.07, 6.45) is 1.70. The Morgan fingerprint density at radius 3 is 2.88 bits per heavy atom. The van der Waals surface area contributed by atoms with E-state index in [1.54, 1.807) is 41.0 Å². The third-order valence-corrected chi connectivity index (χ3v) is 4.78. The SMILES string of the molecule is COc1ccc(NC(=O)c2ccc3c(=O)n4c(nc3c2)CCC4)cc1Cl. The summed E-state index contributed by atoms with van der Waals surface area (Å²) in [7, 11) is 1.53. The van der Waals surface area contributed by atoms with Gasteiger partial charge in [-0.05, 0) is 42.8 Å². The second-order valence-corrected chi connectivity index (χ2v) is 6.53. The van der Waals surface area contributed by atoms with E-state index in [0.717, 1.165) is 18.7 Å². The summed E-state index contributed by atoms with van der Waals surface area (Å²) in [5.41, 5.74) is 1.49. The van der Waals surface area contributed by atoms with Crippen LogP contribution in [0.4, 0.5) is 5.69 Å². The van der Waals surface area contributed by atoms with Gasteiger partial charge in [-0.2, -0.15) is 0 Å². The van der Waals surface area contributed by atoms with Gasteiger partial charge in [-0.1, -0.05) is 11.6 Å². The summed E-state index contributed by atoms with van der Waals surface area (Å²) in [6.45, 7) is 0.706. The van der Waals surface area contributed by atoms with E-state index in [0.29, 0.717) is 39.5 Å². The minimum atomic E-state index is -0.296. The summed E-state index contributed by atoms with van der Waals surface area (Å²) in [6, 6.07) is 9.96. The van der Waals surface area contributed by atoms with Gasteiger partial charge in [0.15, 0.2) is 0 Å². The Morgan fingerprint density at radius 2 is 2.12 bits per heavy atom. The molecule has 2 aromatic carbocycles. The number of fused-ring (bicyclic) bond motifs is 2. The molecule has 0 atom stereocenters. The molecule has 6 nitrogen and oxygen atoms in total. The van der Waals surface area contributed by atoms with E-state index in [4.69, 9.17) is 16.3 Å². The molecule has 1 N–H and O–H groups in total. The molecule has 0 fully saturated rings. The number of nitrogens with zero attached hydrogens (tertiary/aromatic N) is 2. The van der Waals surface area contributed by atoms with Crippen molar-refractivity contribution in [1.82, 2.24) is 9.55 Å². The lowest BCUT2D eigenvalue weighted by atomic mass is 10.1. The van der Waals surface area contributed by atoms with Crippen LogP contribution < -0.4 is 15.6 Å². The van der Waals surface area contributed by atoms with Gasteiger partial charge in [0.1, 0.15) is 11.6 Å². The highest BCUT2D eigenvalue weighted by Crippen LogP contribution is 2.27. The maximum Gasteiger partial charge on any atom is 0.261 e. The zero-order valence-electron chi connectivity index (χ0n) is 14.1. The minimum Gasteiger partial charge on any atom is -0.495 e. The van der Waals surface area contributed by atoms with E-state index in [-0.39, 0.29) is 11.5 Å². The zero-order valence-corrected chi connectivity index (χ0v) is 14.8. The van der Waals surface area contributed by atoms with Crippen molar-refractivity contribution in [1.29, 1.82) is 0 Å². The number of nitrogens with one attached hydrogen (secondary N) is 1. The van der Waals surface area contributed by atoms with E-state index in [2.05, 4.69) is 10.3 Å². The summed E-state index contributed by atoms with van der Waals surface area (Å²) in [5.74, 6) is 1.02. The van der Waals surface area contributed by atoms with E-state index in [9.17, 15) is 9.59 Å². The monoisotopic (exact) mass is 369 g/mol. The number of benzene rings is 2. The first kappa shape index (κ1) is 16.6. The topological polar surface area (TPSA) is 73.2 Å². The third kappa shape index (κ3) is 2.82. The van der Waals surface area contributed by atoms with Crippen molar-refractivity contribution in [3.8, 4) is 5.75 Å². The number of carbonyl (C=O) groups is 1. The number of halogens is 1. The van der Waals surface area contributed by atoms with Gasteiger partial charge in [0.25, 0.3) is 11.5 Å². The Morgan fingerprint density at radius 1 is 1.27 bits per heavy atom. The van der Waals surface area contributed by atoms with Crippen molar-refractivity contribution >= 4 is 34.1 Å². The Bertz CT molecular complexity index is 1090. The average Bonchev–Trinajstić information content (AvgIpc) is 3.10. The smallest absolute Gasteiger partial charge is 0.261 e. The van der Waals surface area contributed by atoms with Crippen molar-refractivity contribution in [3.05, 3.63) is 63.2 Å². The molecule has 4 rings (SSSR count). The van der Waals surface area contributed by atoms with Gasteiger partial charge in [0.05, 0.1) is 23.0 Å². The molecule has 0 aliphatic carbocycles. The predicted octanol–water partition coefficient (Wildman–Crippen LogP) is 3.26. The number of rotatable bonds is 3. The lowest BCUT2D eigenvalue weighted by Gasteiger charge is -2.09. The number of hydrogen-bond donors (Lipinski definition) is 1. The van der Waals surface area contributed by atoms with Crippen LogP contribution in [-0.2, 0) is 13.0 Å². The molecule has 1 aliphatic heterocycles. The predicted molar refractivity (Wildman–Crippen MR) is 100 cm³/mol. The van der Waals surface area contributed by atoms with Crippen LogP contribution >= 0.6 is 11.6 Å². The van der Waals surface area contributed by atoms with Crippen molar-refractivity contribution in [2.24, 2.45) is 0 Å². The lowest BCUT2D eigenvalue weighted by molar-refractivity contribution is 0.102. The lowest BCUT2D eigenvalue weighted by Crippen LogP contribution is -2.21. The maximum absolute atomic E-state index is 12.5. The standard InChI is InChI=1S/C19H16ClN3O3/c1-26-16-7-5-12(10-14(16)20)21-18(24)11-4-6-13-15(9-11)22-17-3-2-8-23(17)19(13)25/h4-7,9-10H,2-3,8H2,1H3,(H,21,24). The molecule has 7 heteroatoms. The second-order valence-electron chi connectivity index (χ2n) is 6.12. The molecule has 132 valence electrons. The number of carbonyl (C=O) groups excluding carboxylic acids is 1. The highest BCUT2D eigenvalue weighted by molar-refractivity contribution is 6.32. The largest absolute Gasteiger partial charge is 0.495 e. The number of hydrogen-bond acceptors (Lipinski definition) is 4. The Balaban J connectivity index is 1.66. The van der Waals surface area contributed by atoms with Gasteiger partial charge >= 0.3 is 0 Å². The summed E-state index contributed by atoms with van der Waals surface area (Å²) >= 11 is 6.09. The number of ether oxygens (including phenoxy) is 1. The molecule has 0 spiro atoms. The van der Waals surface area contributed by atoms with Crippen LogP contribution in [0.3, 0.4) is 0 Å². The molecule has 26 heavy (non-hydrogen) atoms. The van der Waals surface area contributed by atoms with Crippen LogP contribution in [0.2, 0.25) is 5.02 Å². The number of aromatic nitrogens is 2. The molecule has 3 aromatic rings. The Kier molecular flexibility index (Phi) is 4.12. The van der Waals surface area contributed by atoms with Gasteiger partial charge in [-0.3, -0.25) is 14.2 Å². The van der Waals surface area contributed by atoms with Crippen molar-refractivity contribution < 1.29 is 9.53 Å². The molecular formula is C19H16ClN3O3. The fourth-order valence-electron chi connectivity index (χ4n) is 3.17. The second kappa shape index (κ2) is 6.46. The van der Waals surface area contributed by atoms with Crippen LogP contribution in [0.25, 0.3) is 10.9 Å².